The summed E-state index contributed by atoms with van der Waals surface area (Å²) in [5.74, 6) is 0. The molecule has 0 amide bonds. The molecule has 0 bridgehead atoms. The summed E-state index contributed by atoms with van der Waals surface area (Å²) in [6.45, 7) is 2.42. The normalized spacial score (nSPS) is 35.2. The van der Waals surface area contributed by atoms with Crippen LogP contribution in [0.15, 0.2) is 0 Å². The Hall–Kier alpha value is -0.200. The van der Waals surface area contributed by atoms with Gasteiger partial charge in [-0.2, -0.15) is 0 Å². The maximum atomic E-state index is 9.80. The first kappa shape index (κ1) is 11.3. The minimum atomic E-state index is -0.537. The van der Waals surface area contributed by atoms with Gasteiger partial charge in [-0.3, -0.25) is 0 Å². The summed E-state index contributed by atoms with van der Waals surface area (Å²) in [7, 11) is 0. The Bertz CT molecular complexity index is 200. The van der Waals surface area contributed by atoms with Gasteiger partial charge in [0.05, 0.1) is 32.5 Å². The van der Waals surface area contributed by atoms with E-state index in [1.165, 1.54) is 0 Å². The summed E-state index contributed by atoms with van der Waals surface area (Å²) < 4.78 is 15.7. The molecular formula is C10H18O5. The van der Waals surface area contributed by atoms with Crippen LogP contribution in [0.4, 0.5) is 0 Å². The van der Waals surface area contributed by atoms with E-state index in [4.69, 9.17) is 19.3 Å². The van der Waals surface area contributed by atoms with Crippen LogP contribution in [0.1, 0.15) is 12.8 Å². The molecule has 0 aromatic rings. The van der Waals surface area contributed by atoms with Gasteiger partial charge in [-0.05, 0) is 12.8 Å². The van der Waals surface area contributed by atoms with E-state index in [9.17, 15) is 5.11 Å². The second-order valence-corrected chi connectivity index (χ2v) is 4.21. The molecule has 3 atom stereocenters. The van der Waals surface area contributed by atoms with Gasteiger partial charge in [-0.1, -0.05) is 0 Å². The van der Waals surface area contributed by atoms with Crippen molar-refractivity contribution in [2.24, 2.45) is 0 Å². The predicted octanol–water partition coefficient (Wildman–Crippen LogP) is -0.696. The molecule has 3 unspecified atom stereocenters. The van der Waals surface area contributed by atoms with E-state index in [-0.39, 0.29) is 12.7 Å². The van der Waals surface area contributed by atoms with Crippen LogP contribution >= 0.6 is 0 Å². The fourth-order valence-corrected chi connectivity index (χ4v) is 1.54. The lowest BCUT2D eigenvalue weighted by molar-refractivity contribution is -0.00489. The molecule has 0 aliphatic carbocycles. The van der Waals surface area contributed by atoms with Crippen molar-refractivity contribution in [3.8, 4) is 0 Å². The zero-order chi connectivity index (χ0) is 10.7. The third-order valence-electron chi connectivity index (χ3n) is 2.81. The van der Waals surface area contributed by atoms with Gasteiger partial charge in [0.1, 0.15) is 11.7 Å². The van der Waals surface area contributed by atoms with E-state index >= 15 is 0 Å². The number of ether oxygens (including phenoxy) is 3. The van der Waals surface area contributed by atoms with Crippen molar-refractivity contribution in [3.63, 3.8) is 0 Å². The maximum Gasteiger partial charge on any atom is 0.140 e. The SMILES string of the molecule is OCCCC(O)C1(COCC2CO2)CO1. The molecule has 5 heteroatoms. The summed E-state index contributed by atoms with van der Waals surface area (Å²) in [6.07, 6.45) is 0.859. The lowest BCUT2D eigenvalue weighted by Crippen LogP contribution is -2.35. The van der Waals surface area contributed by atoms with Crippen molar-refractivity contribution >= 4 is 0 Å². The average molecular weight is 218 g/mol. The van der Waals surface area contributed by atoms with Gasteiger partial charge in [0.25, 0.3) is 0 Å². The van der Waals surface area contributed by atoms with Crippen LogP contribution in [0.2, 0.25) is 0 Å². The predicted molar refractivity (Wildman–Crippen MR) is 51.6 cm³/mol. The fourth-order valence-electron chi connectivity index (χ4n) is 1.54. The molecule has 0 saturated carbocycles. The van der Waals surface area contributed by atoms with Crippen molar-refractivity contribution in [2.45, 2.75) is 30.7 Å². The first-order valence-corrected chi connectivity index (χ1v) is 5.39. The zero-order valence-electron chi connectivity index (χ0n) is 8.72. The van der Waals surface area contributed by atoms with Crippen LogP contribution in [0, 0.1) is 0 Å². The summed E-state index contributed by atoms with van der Waals surface area (Å²) >= 11 is 0. The van der Waals surface area contributed by atoms with Gasteiger partial charge in [0.15, 0.2) is 0 Å². The molecule has 2 heterocycles. The van der Waals surface area contributed by atoms with E-state index in [0.717, 1.165) is 6.61 Å². The molecule has 5 nitrogen and oxygen atoms in total. The van der Waals surface area contributed by atoms with Crippen molar-refractivity contribution in [1.82, 2.24) is 0 Å². The zero-order valence-corrected chi connectivity index (χ0v) is 8.72. The summed E-state index contributed by atoms with van der Waals surface area (Å²) in [4.78, 5) is 0. The highest BCUT2D eigenvalue weighted by Gasteiger charge is 2.51. The Balaban J connectivity index is 1.63. The molecule has 2 aliphatic heterocycles. The summed E-state index contributed by atoms with van der Waals surface area (Å²) in [6, 6.07) is 0. The molecule has 0 radical (unpaired) electrons. The van der Waals surface area contributed by atoms with E-state index in [0.29, 0.717) is 32.7 Å². The van der Waals surface area contributed by atoms with Gasteiger partial charge in [0, 0.05) is 6.61 Å². The highest BCUT2D eigenvalue weighted by atomic mass is 16.6. The lowest BCUT2D eigenvalue weighted by Gasteiger charge is -2.18. The van der Waals surface area contributed by atoms with Gasteiger partial charge in [-0.15, -0.1) is 0 Å². The number of hydrogen-bond acceptors (Lipinski definition) is 5. The van der Waals surface area contributed by atoms with Crippen LogP contribution in [-0.4, -0.2) is 61.1 Å². The molecule has 0 spiro atoms. The second kappa shape index (κ2) is 4.76. The standard InChI is InChI=1S/C10H18O5/c11-3-1-2-9(12)10(7-15-10)6-13-4-8-5-14-8/h8-9,11-12H,1-7H2. The first-order chi connectivity index (χ1) is 7.27. The molecule has 2 N–H and O–H groups in total. The Morgan fingerprint density at radius 3 is 2.80 bits per heavy atom. The lowest BCUT2D eigenvalue weighted by atomic mass is 10.0. The summed E-state index contributed by atoms with van der Waals surface area (Å²) in [5.41, 5.74) is -0.510. The number of rotatable bonds is 8. The quantitative estimate of drug-likeness (QED) is 0.527. The molecule has 15 heavy (non-hydrogen) atoms. The molecule has 2 rings (SSSR count). The Morgan fingerprint density at radius 2 is 2.27 bits per heavy atom. The van der Waals surface area contributed by atoms with Crippen molar-refractivity contribution in [3.05, 3.63) is 0 Å². The van der Waals surface area contributed by atoms with Gasteiger partial charge >= 0.3 is 0 Å². The highest BCUT2D eigenvalue weighted by molar-refractivity contribution is 4.98. The molecule has 2 aliphatic rings. The second-order valence-electron chi connectivity index (χ2n) is 4.21. The molecule has 0 aromatic carbocycles. The molecular weight excluding hydrogens is 200 g/mol. The van der Waals surface area contributed by atoms with Crippen molar-refractivity contribution < 1.29 is 24.4 Å². The minimum absolute atomic E-state index is 0.101. The highest BCUT2D eigenvalue weighted by Crippen LogP contribution is 2.33. The molecule has 88 valence electrons. The third-order valence-corrected chi connectivity index (χ3v) is 2.81. The molecule has 2 fully saturated rings. The number of aliphatic hydroxyl groups excluding tert-OH is 2. The van der Waals surface area contributed by atoms with Gasteiger partial charge < -0.3 is 24.4 Å². The van der Waals surface area contributed by atoms with Gasteiger partial charge in [-0.25, -0.2) is 0 Å². The Morgan fingerprint density at radius 1 is 1.53 bits per heavy atom. The smallest absolute Gasteiger partial charge is 0.140 e. The van der Waals surface area contributed by atoms with Crippen molar-refractivity contribution in [1.29, 1.82) is 0 Å². The maximum absolute atomic E-state index is 9.80. The van der Waals surface area contributed by atoms with Crippen LogP contribution in [0.3, 0.4) is 0 Å². The Kier molecular flexibility index (Phi) is 3.58. The van der Waals surface area contributed by atoms with Crippen molar-refractivity contribution in [2.75, 3.05) is 33.0 Å². The van der Waals surface area contributed by atoms with Crippen LogP contribution < -0.4 is 0 Å². The largest absolute Gasteiger partial charge is 0.396 e. The van der Waals surface area contributed by atoms with Crippen LogP contribution in [0.25, 0.3) is 0 Å². The number of epoxide rings is 2. The number of aliphatic hydroxyl groups is 2. The molecule has 2 saturated heterocycles. The Labute approximate surface area is 88.9 Å². The third kappa shape index (κ3) is 3.12. The van der Waals surface area contributed by atoms with E-state index in [2.05, 4.69) is 0 Å². The van der Waals surface area contributed by atoms with Crippen LogP contribution in [-0.2, 0) is 14.2 Å². The number of hydrogen-bond donors (Lipinski definition) is 2. The van der Waals surface area contributed by atoms with Crippen LogP contribution in [0.5, 0.6) is 0 Å². The van der Waals surface area contributed by atoms with E-state index < -0.39 is 11.7 Å². The van der Waals surface area contributed by atoms with E-state index in [1.54, 1.807) is 0 Å². The molecule has 0 aromatic heterocycles. The fraction of sp³-hybridized carbons (Fsp3) is 1.00. The summed E-state index contributed by atoms with van der Waals surface area (Å²) in [5, 5.41) is 18.5. The van der Waals surface area contributed by atoms with Gasteiger partial charge in [0.2, 0.25) is 0 Å². The van der Waals surface area contributed by atoms with E-state index in [1.807, 2.05) is 0 Å². The topological polar surface area (TPSA) is 74.8 Å². The first-order valence-electron chi connectivity index (χ1n) is 5.39. The average Bonchev–Trinajstić information content (AvgIpc) is 3.08. The minimum Gasteiger partial charge on any atom is -0.396 e. The monoisotopic (exact) mass is 218 g/mol.